The summed E-state index contributed by atoms with van der Waals surface area (Å²) in [6.45, 7) is 5.07. The number of nitrogens with one attached hydrogen (secondary N) is 2. The van der Waals surface area contributed by atoms with E-state index in [1.54, 1.807) is 12.4 Å². The molecule has 0 radical (unpaired) electrons. The van der Waals surface area contributed by atoms with Crippen LogP contribution in [0.2, 0.25) is 0 Å². The summed E-state index contributed by atoms with van der Waals surface area (Å²) in [6, 6.07) is 5.64. The highest BCUT2D eigenvalue weighted by atomic mass is 32.1. The fourth-order valence-corrected chi connectivity index (χ4v) is 1.08. The number of hydrogen-bond acceptors (Lipinski definition) is 3. The first-order chi connectivity index (χ1) is 7.68. The Morgan fingerprint density at radius 2 is 2.38 bits per heavy atom. The number of nitrogens with zero attached hydrogens (tertiary/aromatic N) is 2. The standard InChI is InChI=1S/C11H16N4S/c1-9(2)7-13-11(16)15-14-8-10-5-3-4-6-12-10/h3-6,8-9H,7H2,1-2H3,(H2,13,15,16)/b14-8+. The Bertz CT molecular complexity index is 348. The van der Waals surface area contributed by atoms with Gasteiger partial charge in [0.1, 0.15) is 0 Å². The highest BCUT2D eigenvalue weighted by Crippen LogP contribution is 1.88. The summed E-state index contributed by atoms with van der Waals surface area (Å²) < 4.78 is 0. The third kappa shape index (κ3) is 5.41. The van der Waals surface area contributed by atoms with Gasteiger partial charge in [-0.3, -0.25) is 10.4 Å². The summed E-state index contributed by atoms with van der Waals surface area (Å²) >= 11 is 5.03. The predicted molar refractivity (Wildman–Crippen MR) is 70.4 cm³/mol. The molecular formula is C11H16N4S. The van der Waals surface area contributed by atoms with Crippen molar-refractivity contribution in [3.8, 4) is 0 Å². The maximum absolute atomic E-state index is 5.03. The molecule has 5 heteroatoms. The normalized spacial score (nSPS) is 10.7. The number of hydrogen-bond donors (Lipinski definition) is 2. The Balaban J connectivity index is 2.29. The van der Waals surface area contributed by atoms with Gasteiger partial charge in [-0.1, -0.05) is 19.9 Å². The molecular weight excluding hydrogens is 220 g/mol. The maximum Gasteiger partial charge on any atom is 0.186 e. The second kappa shape index (κ2) is 6.90. The number of aromatic nitrogens is 1. The fourth-order valence-electron chi connectivity index (χ4n) is 0.946. The average molecular weight is 236 g/mol. The summed E-state index contributed by atoms with van der Waals surface area (Å²) in [5.41, 5.74) is 3.53. The lowest BCUT2D eigenvalue weighted by Gasteiger charge is -2.08. The highest BCUT2D eigenvalue weighted by Gasteiger charge is 1.95. The first kappa shape index (κ1) is 12.6. The molecule has 0 saturated heterocycles. The quantitative estimate of drug-likeness (QED) is 0.473. The number of hydrazone groups is 1. The van der Waals surface area contributed by atoms with Crippen LogP contribution in [0.15, 0.2) is 29.5 Å². The lowest BCUT2D eigenvalue weighted by atomic mass is 10.2. The Morgan fingerprint density at radius 3 is 3.00 bits per heavy atom. The van der Waals surface area contributed by atoms with Crippen LogP contribution in [0.5, 0.6) is 0 Å². The van der Waals surface area contributed by atoms with E-state index in [0.29, 0.717) is 11.0 Å². The van der Waals surface area contributed by atoms with E-state index in [4.69, 9.17) is 12.2 Å². The second-order valence-electron chi connectivity index (χ2n) is 3.73. The lowest BCUT2D eigenvalue weighted by Crippen LogP contribution is -2.34. The van der Waals surface area contributed by atoms with Crippen LogP contribution < -0.4 is 10.7 Å². The van der Waals surface area contributed by atoms with Crippen LogP contribution in [0.4, 0.5) is 0 Å². The molecule has 86 valence electrons. The van der Waals surface area contributed by atoms with Gasteiger partial charge in [0.2, 0.25) is 0 Å². The fraction of sp³-hybridized carbons (Fsp3) is 0.364. The molecule has 1 aromatic heterocycles. The van der Waals surface area contributed by atoms with E-state index in [1.165, 1.54) is 0 Å². The van der Waals surface area contributed by atoms with E-state index in [0.717, 1.165) is 12.2 Å². The molecule has 2 N–H and O–H groups in total. The Labute approximate surface area is 101 Å². The van der Waals surface area contributed by atoms with Crippen molar-refractivity contribution in [1.82, 2.24) is 15.7 Å². The van der Waals surface area contributed by atoms with Crippen LogP contribution in [0.1, 0.15) is 19.5 Å². The first-order valence-electron chi connectivity index (χ1n) is 5.16. The van der Waals surface area contributed by atoms with E-state index >= 15 is 0 Å². The minimum absolute atomic E-state index is 0.529. The molecule has 0 aromatic carbocycles. The van der Waals surface area contributed by atoms with Crippen molar-refractivity contribution in [3.63, 3.8) is 0 Å². The molecule has 1 aromatic rings. The highest BCUT2D eigenvalue weighted by molar-refractivity contribution is 7.80. The monoisotopic (exact) mass is 236 g/mol. The topological polar surface area (TPSA) is 49.3 Å². The molecule has 0 saturated carbocycles. The van der Waals surface area contributed by atoms with Gasteiger partial charge in [0.05, 0.1) is 11.9 Å². The van der Waals surface area contributed by atoms with Crippen molar-refractivity contribution in [2.75, 3.05) is 6.54 Å². The van der Waals surface area contributed by atoms with Crippen molar-refractivity contribution in [2.45, 2.75) is 13.8 Å². The first-order valence-corrected chi connectivity index (χ1v) is 5.57. The van der Waals surface area contributed by atoms with E-state index < -0.39 is 0 Å². The van der Waals surface area contributed by atoms with Gasteiger partial charge >= 0.3 is 0 Å². The van der Waals surface area contributed by atoms with Crippen LogP contribution in [-0.4, -0.2) is 22.9 Å². The molecule has 4 nitrogen and oxygen atoms in total. The molecule has 0 unspecified atom stereocenters. The molecule has 0 spiro atoms. The molecule has 0 atom stereocenters. The predicted octanol–water partition coefficient (Wildman–Crippen LogP) is 1.54. The summed E-state index contributed by atoms with van der Waals surface area (Å²) in [6.07, 6.45) is 3.35. The molecule has 0 aliphatic carbocycles. The number of rotatable bonds is 4. The van der Waals surface area contributed by atoms with Gasteiger partial charge < -0.3 is 5.32 Å². The Kier molecular flexibility index (Phi) is 5.42. The summed E-state index contributed by atoms with van der Waals surface area (Å²) in [4.78, 5) is 4.10. The van der Waals surface area contributed by atoms with Gasteiger partial charge in [0, 0.05) is 12.7 Å². The molecule has 0 aliphatic heterocycles. The molecule has 1 heterocycles. The van der Waals surface area contributed by atoms with Gasteiger partial charge in [-0.05, 0) is 30.3 Å². The van der Waals surface area contributed by atoms with E-state index in [2.05, 4.69) is 34.7 Å². The molecule has 0 aliphatic rings. The van der Waals surface area contributed by atoms with Gasteiger partial charge in [0.25, 0.3) is 0 Å². The zero-order valence-corrected chi connectivity index (χ0v) is 10.3. The van der Waals surface area contributed by atoms with Crippen LogP contribution >= 0.6 is 12.2 Å². The van der Waals surface area contributed by atoms with Gasteiger partial charge in [0.15, 0.2) is 5.11 Å². The average Bonchev–Trinajstić information content (AvgIpc) is 2.28. The van der Waals surface area contributed by atoms with E-state index in [9.17, 15) is 0 Å². The lowest BCUT2D eigenvalue weighted by molar-refractivity contribution is 0.621. The molecule has 1 rings (SSSR count). The SMILES string of the molecule is CC(C)CNC(=S)N/N=C/c1ccccn1. The van der Waals surface area contributed by atoms with E-state index in [1.807, 2.05) is 18.2 Å². The largest absolute Gasteiger partial charge is 0.361 e. The van der Waals surface area contributed by atoms with Crippen LogP contribution in [0.25, 0.3) is 0 Å². The molecule has 0 fully saturated rings. The second-order valence-corrected chi connectivity index (χ2v) is 4.14. The van der Waals surface area contributed by atoms with Gasteiger partial charge in [-0.15, -0.1) is 0 Å². The molecule has 0 amide bonds. The van der Waals surface area contributed by atoms with Crippen LogP contribution in [0, 0.1) is 5.92 Å². The smallest absolute Gasteiger partial charge is 0.186 e. The molecule has 0 bridgehead atoms. The third-order valence-corrected chi connectivity index (χ3v) is 1.96. The van der Waals surface area contributed by atoms with Crippen molar-refractivity contribution in [2.24, 2.45) is 11.0 Å². The van der Waals surface area contributed by atoms with Crippen LogP contribution in [0.3, 0.4) is 0 Å². The van der Waals surface area contributed by atoms with E-state index in [-0.39, 0.29) is 0 Å². The molecule has 16 heavy (non-hydrogen) atoms. The van der Waals surface area contributed by atoms with Gasteiger partial charge in [-0.25, -0.2) is 0 Å². The Hall–Kier alpha value is -1.49. The van der Waals surface area contributed by atoms with Crippen molar-refractivity contribution in [3.05, 3.63) is 30.1 Å². The zero-order valence-electron chi connectivity index (χ0n) is 9.47. The third-order valence-electron chi connectivity index (χ3n) is 1.72. The van der Waals surface area contributed by atoms with Gasteiger partial charge in [-0.2, -0.15) is 5.10 Å². The minimum Gasteiger partial charge on any atom is -0.361 e. The zero-order chi connectivity index (χ0) is 11.8. The minimum atomic E-state index is 0.529. The number of thiocarbonyl (C=S) groups is 1. The summed E-state index contributed by atoms with van der Waals surface area (Å²) in [5, 5.41) is 7.56. The number of pyridine rings is 1. The van der Waals surface area contributed by atoms with Crippen molar-refractivity contribution < 1.29 is 0 Å². The summed E-state index contributed by atoms with van der Waals surface area (Å²) in [7, 11) is 0. The van der Waals surface area contributed by atoms with Crippen molar-refractivity contribution >= 4 is 23.5 Å². The van der Waals surface area contributed by atoms with Crippen LogP contribution in [-0.2, 0) is 0 Å². The summed E-state index contributed by atoms with van der Waals surface area (Å²) in [5.74, 6) is 0.555. The maximum atomic E-state index is 5.03. The van der Waals surface area contributed by atoms with Crippen molar-refractivity contribution in [1.29, 1.82) is 0 Å². The Morgan fingerprint density at radius 1 is 1.56 bits per heavy atom.